The van der Waals surface area contributed by atoms with Crippen LogP contribution in [0.4, 0.5) is 0 Å². The van der Waals surface area contributed by atoms with E-state index in [9.17, 15) is 0 Å². The Morgan fingerprint density at radius 3 is 0.533 bits per heavy atom. The molecule has 107 valence electrons. The van der Waals surface area contributed by atoms with E-state index in [0.717, 1.165) is 0 Å². The molecule has 1 radical (unpaired) electrons. The monoisotopic (exact) mass is 331 g/mol. The second-order valence-corrected chi connectivity index (χ2v) is 3.08. The third kappa shape index (κ3) is 6870. The van der Waals surface area contributed by atoms with Crippen molar-refractivity contribution in [1.82, 2.24) is 0 Å². The van der Waals surface area contributed by atoms with Gasteiger partial charge in [-0.3, -0.25) is 0 Å². The molecule has 12 nitrogen and oxygen atoms in total. The molecule has 15 heteroatoms. The number of phosphoric acid groups is 2. The van der Waals surface area contributed by atoms with Crippen LogP contribution >= 0.6 is 15.6 Å². The van der Waals surface area contributed by atoms with Gasteiger partial charge in [-0.1, -0.05) is 0 Å². The van der Waals surface area contributed by atoms with E-state index in [1.54, 1.807) is 0 Å². The Morgan fingerprint density at radius 1 is 0.533 bits per heavy atom. The molecule has 0 atom stereocenters. The van der Waals surface area contributed by atoms with Gasteiger partial charge >= 0.3 is 15.6 Å². The number of hydrogen-bond donors (Lipinski definition) is 6. The van der Waals surface area contributed by atoms with Crippen LogP contribution in [0.3, 0.4) is 0 Å². The Hall–Kier alpha value is 0.579. The van der Waals surface area contributed by atoms with E-state index in [1.165, 1.54) is 0 Å². The van der Waals surface area contributed by atoms with Crippen LogP contribution in [0.1, 0.15) is 0 Å². The molecule has 0 aliphatic heterocycles. The van der Waals surface area contributed by atoms with Crippen LogP contribution in [0.25, 0.3) is 0 Å². The Kier molecular flexibility index (Phi) is 51.0. The van der Waals surface area contributed by atoms with Gasteiger partial charge in [0, 0.05) is 17.1 Å². The Morgan fingerprint density at radius 2 is 0.533 bits per heavy atom. The smallest absolute Gasteiger partial charge is 0.412 e. The summed E-state index contributed by atoms with van der Waals surface area (Å²) in [5, 5.41) is 0. The molecule has 0 aromatic rings. The van der Waals surface area contributed by atoms with Gasteiger partial charge in [-0.15, -0.1) is 0 Å². The predicted octanol–water partition coefficient (Wildman–Crippen LogP) is -5.16. The van der Waals surface area contributed by atoms with Crippen molar-refractivity contribution in [2.75, 3.05) is 0 Å². The summed E-state index contributed by atoms with van der Waals surface area (Å²) in [6, 6.07) is 0. The van der Waals surface area contributed by atoms with Gasteiger partial charge in [0.2, 0.25) is 0 Å². The first-order valence-electron chi connectivity index (χ1n) is 1.57. The molecule has 0 rings (SSSR count). The molecule has 0 saturated carbocycles. The fourth-order valence-electron chi connectivity index (χ4n) is 0. The average Bonchev–Trinajstić information content (AvgIpc) is 1.12. The zero-order valence-electron chi connectivity index (χ0n) is 6.70. The number of rotatable bonds is 0. The SMILES string of the molecule is O.O.O.O.O=P(O)(O)O.O=P(O)(O)O.[Cu]. The molecule has 0 aliphatic carbocycles. The summed E-state index contributed by atoms with van der Waals surface area (Å²) >= 11 is 0. The average molecular weight is 332 g/mol. The molecule has 14 N–H and O–H groups in total. The maximum Gasteiger partial charge on any atom is 0.466 e. The summed E-state index contributed by atoms with van der Waals surface area (Å²) in [5.41, 5.74) is 0. The summed E-state index contributed by atoms with van der Waals surface area (Å²) in [5.74, 6) is 0. The first-order valence-corrected chi connectivity index (χ1v) is 4.70. The van der Waals surface area contributed by atoms with Crippen molar-refractivity contribution in [2.24, 2.45) is 0 Å². The van der Waals surface area contributed by atoms with Crippen LogP contribution in [0.2, 0.25) is 0 Å². The third-order valence-corrected chi connectivity index (χ3v) is 0. The van der Waals surface area contributed by atoms with E-state index >= 15 is 0 Å². The van der Waals surface area contributed by atoms with E-state index in [0.29, 0.717) is 0 Å². The second-order valence-electron chi connectivity index (χ2n) is 1.03. The first kappa shape index (κ1) is 45.0. The second kappa shape index (κ2) is 17.0. The van der Waals surface area contributed by atoms with Gasteiger partial charge in [-0.25, -0.2) is 9.13 Å². The third-order valence-electron chi connectivity index (χ3n) is 0. The van der Waals surface area contributed by atoms with Crippen LogP contribution in [0.15, 0.2) is 0 Å². The molecule has 0 fully saturated rings. The molecule has 0 spiro atoms. The summed E-state index contributed by atoms with van der Waals surface area (Å²) in [6.07, 6.45) is 0. The van der Waals surface area contributed by atoms with Gasteiger partial charge in [-0.05, 0) is 0 Å². The van der Waals surface area contributed by atoms with E-state index in [-0.39, 0.29) is 39.0 Å². The topological polar surface area (TPSA) is 282 Å². The van der Waals surface area contributed by atoms with Crippen LogP contribution < -0.4 is 0 Å². The minimum atomic E-state index is -4.64. The quantitative estimate of drug-likeness (QED) is 0.184. The van der Waals surface area contributed by atoms with Gasteiger partial charge in [-0.2, -0.15) is 0 Å². The molecule has 0 saturated heterocycles. The molecule has 0 unspecified atom stereocenters. The molecule has 0 aromatic heterocycles. The minimum absolute atomic E-state index is 0. The molecule has 15 heavy (non-hydrogen) atoms. The maximum absolute atomic E-state index is 8.88. The van der Waals surface area contributed by atoms with Crippen molar-refractivity contribution in [1.29, 1.82) is 0 Å². The van der Waals surface area contributed by atoms with Gasteiger partial charge < -0.3 is 51.3 Å². The fraction of sp³-hybridized carbons (Fsp3) is 0. The predicted molar refractivity (Wildman–Crippen MR) is 43.0 cm³/mol. The standard InChI is InChI=1S/Cu.2H3O4P.4H2O/c;2*1-5(2,3)4;;;;/h;2*(H3,1,2,3,4);4*1H2. The molecule has 0 aliphatic rings. The zero-order valence-corrected chi connectivity index (χ0v) is 9.43. The first-order chi connectivity index (χ1) is 4.00. The Bertz CT molecular complexity index is 126. The van der Waals surface area contributed by atoms with E-state index in [2.05, 4.69) is 0 Å². The normalized spacial score (nSPS) is 7.87. The van der Waals surface area contributed by atoms with Gasteiger partial charge in [0.15, 0.2) is 0 Å². The van der Waals surface area contributed by atoms with Crippen LogP contribution in [0, 0.1) is 0 Å². The van der Waals surface area contributed by atoms with Gasteiger partial charge in [0.1, 0.15) is 0 Å². The maximum atomic E-state index is 8.88. The van der Waals surface area contributed by atoms with E-state index in [1.807, 2.05) is 0 Å². The number of hydrogen-bond acceptors (Lipinski definition) is 2. The van der Waals surface area contributed by atoms with Gasteiger partial charge in [0.25, 0.3) is 0 Å². The largest absolute Gasteiger partial charge is 0.466 e. The van der Waals surface area contributed by atoms with Crippen molar-refractivity contribution in [3.8, 4) is 0 Å². The molecule has 0 heterocycles. The Balaban J connectivity index is -0.0000000128. The summed E-state index contributed by atoms with van der Waals surface area (Å²) in [7, 11) is -9.28. The molecule has 0 amide bonds. The Labute approximate surface area is 93.8 Å². The molecule has 0 bridgehead atoms. The van der Waals surface area contributed by atoms with Crippen molar-refractivity contribution in [3.63, 3.8) is 0 Å². The van der Waals surface area contributed by atoms with E-state index in [4.69, 9.17) is 38.5 Å². The van der Waals surface area contributed by atoms with Crippen molar-refractivity contribution in [3.05, 3.63) is 0 Å². The molecule has 0 aromatic carbocycles. The fourth-order valence-corrected chi connectivity index (χ4v) is 0. The van der Waals surface area contributed by atoms with Crippen molar-refractivity contribution < 1.29 is 77.5 Å². The molecular weight excluding hydrogens is 317 g/mol. The summed E-state index contributed by atoms with van der Waals surface area (Å²) < 4.78 is 17.8. The van der Waals surface area contributed by atoms with Gasteiger partial charge in [0.05, 0.1) is 0 Å². The van der Waals surface area contributed by atoms with Crippen LogP contribution in [0.5, 0.6) is 0 Å². The van der Waals surface area contributed by atoms with Crippen molar-refractivity contribution in [2.45, 2.75) is 0 Å². The zero-order chi connectivity index (χ0) is 9.00. The minimum Gasteiger partial charge on any atom is -0.412 e. The summed E-state index contributed by atoms with van der Waals surface area (Å²) in [6.45, 7) is 0. The summed E-state index contributed by atoms with van der Waals surface area (Å²) in [4.78, 5) is 43.1. The van der Waals surface area contributed by atoms with Crippen LogP contribution in [-0.4, -0.2) is 51.3 Å². The van der Waals surface area contributed by atoms with E-state index < -0.39 is 15.6 Å². The molecular formula is H14CuO12P2. The van der Waals surface area contributed by atoms with Crippen molar-refractivity contribution >= 4 is 15.6 Å². The van der Waals surface area contributed by atoms with Crippen LogP contribution in [-0.2, 0) is 26.2 Å².